The lowest BCUT2D eigenvalue weighted by molar-refractivity contribution is -0.143. The predicted molar refractivity (Wildman–Crippen MR) is 201 cm³/mol. The van der Waals surface area contributed by atoms with Crippen molar-refractivity contribution < 1.29 is 32.3 Å². The number of methoxy groups -OCH3 is 1. The maximum absolute atomic E-state index is 14.4. The summed E-state index contributed by atoms with van der Waals surface area (Å²) in [6.07, 6.45) is 10.6. The Bertz CT molecular complexity index is 2260. The summed E-state index contributed by atoms with van der Waals surface area (Å²) in [5.41, 5.74) is 6.89. The topological polar surface area (TPSA) is 109 Å². The summed E-state index contributed by atoms with van der Waals surface area (Å²) in [6.45, 7) is 2.55. The molecule has 1 unspecified atom stereocenters. The van der Waals surface area contributed by atoms with Crippen molar-refractivity contribution in [2.24, 2.45) is 0 Å². The van der Waals surface area contributed by atoms with Crippen molar-refractivity contribution in [3.63, 3.8) is 0 Å². The van der Waals surface area contributed by atoms with E-state index in [4.69, 9.17) is 25.4 Å². The number of nitrogens with one attached hydrogen (secondary N) is 1. The second-order valence-electron chi connectivity index (χ2n) is 11.9. The standard InChI is InChI=1S/C41H36FN3O6S/c1-5-27-7-6-8-30(19-27)45-41-36-22-38(39(49-16-15-48-3)24-37(36)43-25-44-41)50-17-18-51-40(46)23-34-26(2)33(32-14-11-29(42)21-35(32)34)20-28-9-12-31(13-10-28)52(4)47/h1,6-14,19-22,24-25H,15-18,23H2,2-4H3,(H,43,44,45)/b33-20-. The molecule has 1 aliphatic carbocycles. The van der Waals surface area contributed by atoms with Crippen LogP contribution in [0.2, 0.25) is 0 Å². The van der Waals surface area contributed by atoms with Crippen molar-refractivity contribution >= 4 is 56.4 Å². The van der Waals surface area contributed by atoms with Gasteiger partial charge in [-0.2, -0.15) is 0 Å². The Kier molecular flexibility index (Phi) is 11.4. The lowest BCUT2D eigenvalue weighted by Crippen LogP contribution is -2.13. The Morgan fingerprint density at radius 2 is 1.71 bits per heavy atom. The van der Waals surface area contributed by atoms with Crippen LogP contribution >= 0.6 is 0 Å². The van der Waals surface area contributed by atoms with E-state index >= 15 is 0 Å². The molecule has 1 atom stereocenters. The molecule has 0 radical (unpaired) electrons. The first-order valence-corrected chi connectivity index (χ1v) is 18.0. The quantitative estimate of drug-likeness (QED) is 0.0706. The Morgan fingerprint density at radius 1 is 0.942 bits per heavy atom. The van der Waals surface area contributed by atoms with Crippen LogP contribution < -0.4 is 14.8 Å². The molecule has 0 saturated carbocycles. The van der Waals surface area contributed by atoms with Crippen LogP contribution in [0, 0.1) is 18.2 Å². The van der Waals surface area contributed by atoms with Gasteiger partial charge in [0, 0.05) is 51.8 Å². The van der Waals surface area contributed by atoms with Gasteiger partial charge in [0.1, 0.15) is 37.8 Å². The Labute approximate surface area is 304 Å². The van der Waals surface area contributed by atoms with Crippen LogP contribution in [0.5, 0.6) is 11.5 Å². The molecule has 0 spiro atoms. The fraction of sp³-hybridized carbons (Fsp3) is 0.195. The summed E-state index contributed by atoms with van der Waals surface area (Å²) in [5, 5.41) is 3.97. The highest BCUT2D eigenvalue weighted by molar-refractivity contribution is 7.84. The molecule has 0 aliphatic heterocycles. The minimum atomic E-state index is -1.09. The van der Waals surface area contributed by atoms with E-state index in [1.165, 1.54) is 18.5 Å². The molecule has 52 heavy (non-hydrogen) atoms. The van der Waals surface area contributed by atoms with Crippen molar-refractivity contribution in [2.45, 2.75) is 18.2 Å². The zero-order valence-electron chi connectivity index (χ0n) is 28.9. The SMILES string of the molecule is C#Cc1cccc(Nc2ncnc3cc(OCCOC)c(OCCOC(=O)CC4=C(C)/C(=C/c5ccc(S(C)=O)cc5)c5ccc(F)cc54)cc23)c1. The van der Waals surface area contributed by atoms with Crippen LogP contribution in [0.3, 0.4) is 0 Å². The lowest BCUT2D eigenvalue weighted by Gasteiger charge is -2.15. The number of terminal acetylenes is 1. The molecule has 0 saturated heterocycles. The van der Waals surface area contributed by atoms with E-state index < -0.39 is 22.6 Å². The molecule has 5 aromatic rings. The molecular weight excluding hydrogens is 682 g/mol. The molecule has 264 valence electrons. The number of rotatable bonds is 14. The second-order valence-corrected chi connectivity index (χ2v) is 13.2. The number of hydrogen-bond donors (Lipinski definition) is 1. The fourth-order valence-electron chi connectivity index (χ4n) is 5.85. The van der Waals surface area contributed by atoms with Gasteiger partial charge in [0.25, 0.3) is 0 Å². The number of ether oxygens (including phenoxy) is 4. The monoisotopic (exact) mass is 717 g/mol. The molecule has 0 amide bonds. The highest BCUT2D eigenvalue weighted by atomic mass is 32.2. The average molecular weight is 718 g/mol. The Morgan fingerprint density at radius 3 is 2.46 bits per heavy atom. The van der Waals surface area contributed by atoms with Gasteiger partial charge in [0.05, 0.1) is 18.5 Å². The van der Waals surface area contributed by atoms with Crippen molar-refractivity contribution in [3.05, 3.63) is 119 Å². The third-order valence-electron chi connectivity index (χ3n) is 8.44. The molecule has 6 rings (SSSR count). The zero-order valence-corrected chi connectivity index (χ0v) is 29.7. The first kappa shape index (κ1) is 36.0. The zero-order chi connectivity index (χ0) is 36.6. The molecule has 0 bridgehead atoms. The van der Waals surface area contributed by atoms with E-state index in [1.807, 2.05) is 61.5 Å². The number of aromatic nitrogens is 2. The summed E-state index contributed by atoms with van der Waals surface area (Å²) in [4.78, 5) is 22.7. The van der Waals surface area contributed by atoms with E-state index in [1.54, 1.807) is 31.6 Å². The van der Waals surface area contributed by atoms with Gasteiger partial charge in [-0.05, 0) is 94.9 Å². The highest BCUT2D eigenvalue weighted by Gasteiger charge is 2.26. The van der Waals surface area contributed by atoms with E-state index in [0.29, 0.717) is 46.0 Å². The van der Waals surface area contributed by atoms with Gasteiger partial charge in [-0.15, -0.1) is 6.42 Å². The summed E-state index contributed by atoms with van der Waals surface area (Å²) >= 11 is 0. The van der Waals surface area contributed by atoms with Crippen LogP contribution in [0.1, 0.15) is 35.6 Å². The van der Waals surface area contributed by atoms with Crippen LogP contribution in [-0.2, 0) is 25.1 Å². The smallest absolute Gasteiger partial charge is 0.310 e. The lowest BCUT2D eigenvalue weighted by atomic mass is 10.0. The number of allylic oxidation sites excluding steroid dienone is 2. The first-order valence-electron chi connectivity index (χ1n) is 16.4. The minimum absolute atomic E-state index is 0.0332. The minimum Gasteiger partial charge on any atom is -0.487 e. The van der Waals surface area contributed by atoms with Crippen molar-refractivity contribution in [1.29, 1.82) is 0 Å². The third kappa shape index (κ3) is 8.37. The van der Waals surface area contributed by atoms with Crippen LogP contribution in [0.15, 0.2) is 95.7 Å². The summed E-state index contributed by atoms with van der Waals surface area (Å²) < 4.78 is 49.1. The summed E-state index contributed by atoms with van der Waals surface area (Å²) in [5.74, 6) is 3.14. The number of esters is 1. The van der Waals surface area contributed by atoms with Gasteiger partial charge in [0.15, 0.2) is 11.5 Å². The molecule has 1 N–H and O–H groups in total. The van der Waals surface area contributed by atoms with Gasteiger partial charge in [-0.25, -0.2) is 14.4 Å². The van der Waals surface area contributed by atoms with Crippen LogP contribution in [-0.4, -0.2) is 59.9 Å². The molecule has 9 nitrogen and oxygen atoms in total. The van der Waals surface area contributed by atoms with Gasteiger partial charge >= 0.3 is 5.97 Å². The van der Waals surface area contributed by atoms with E-state index in [9.17, 15) is 13.4 Å². The molecule has 11 heteroatoms. The third-order valence-corrected chi connectivity index (χ3v) is 9.38. The van der Waals surface area contributed by atoms with Crippen molar-refractivity contribution in [2.75, 3.05) is 45.1 Å². The Balaban J connectivity index is 1.16. The van der Waals surface area contributed by atoms with E-state index in [-0.39, 0.29) is 26.2 Å². The van der Waals surface area contributed by atoms with E-state index in [0.717, 1.165) is 38.4 Å². The van der Waals surface area contributed by atoms with Crippen molar-refractivity contribution in [1.82, 2.24) is 9.97 Å². The van der Waals surface area contributed by atoms with Crippen LogP contribution in [0.25, 0.3) is 28.1 Å². The highest BCUT2D eigenvalue weighted by Crippen LogP contribution is 2.44. The molecular formula is C41H36FN3O6S. The number of carbonyl (C=O) groups excluding carboxylic acids is 1. The summed E-state index contributed by atoms with van der Waals surface area (Å²) in [6, 6.07) is 22.9. The number of fused-ring (bicyclic) bond motifs is 2. The fourth-order valence-corrected chi connectivity index (χ4v) is 6.37. The van der Waals surface area contributed by atoms with E-state index in [2.05, 4.69) is 21.2 Å². The maximum atomic E-state index is 14.4. The van der Waals surface area contributed by atoms with Crippen molar-refractivity contribution in [3.8, 4) is 23.8 Å². The van der Waals surface area contributed by atoms with Gasteiger partial charge in [-0.3, -0.25) is 9.00 Å². The average Bonchev–Trinajstić information content (AvgIpc) is 3.39. The molecule has 4 aromatic carbocycles. The number of anilines is 2. The Hall–Kier alpha value is -5.83. The molecule has 1 heterocycles. The van der Waals surface area contributed by atoms with Gasteiger partial charge in [0.2, 0.25) is 0 Å². The number of hydrogen-bond acceptors (Lipinski definition) is 9. The summed E-state index contributed by atoms with van der Waals surface area (Å²) in [7, 11) is 0.497. The number of benzene rings is 4. The number of carbonyl (C=O) groups is 1. The molecule has 1 aromatic heterocycles. The van der Waals surface area contributed by atoms with Gasteiger partial charge in [-0.1, -0.05) is 30.2 Å². The van der Waals surface area contributed by atoms with Crippen LogP contribution in [0.4, 0.5) is 15.9 Å². The van der Waals surface area contributed by atoms with Gasteiger partial charge < -0.3 is 24.3 Å². The largest absolute Gasteiger partial charge is 0.487 e. The first-order chi connectivity index (χ1) is 25.2. The second kappa shape index (κ2) is 16.5. The predicted octanol–water partition coefficient (Wildman–Crippen LogP) is 7.60. The number of halogens is 1. The molecule has 1 aliphatic rings. The molecule has 0 fully saturated rings. The maximum Gasteiger partial charge on any atom is 0.310 e. The number of nitrogens with zero attached hydrogens (tertiary/aromatic N) is 2. The normalized spacial score (nSPS) is 13.5.